The Morgan fingerprint density at radius 1 is 0.606 bits per heavy atom. The third-order valence-corrected chi connectivity index (χ3v) is 4.72. The second kappa shape index (κ2) is 18.6. The van der Waals surface area contributed by atoms with Gasteiger partial charge >= 0.3 is 0 Å². The maximum Gasteiger partial charge on any atom is 0.193 e. The molecule has 2 aromatic heterocycles. The SMILES string of the molecule is Brc1ccccc1.CC.CC.COc1ccc(-c2ccccc2)n1C.COc1cccn1C. The molecule has 0 spiro atoms. The van der Waals surface area contributed by atoms with Gasteiger partial charge in [-0.1, -0.05) is 92.2 Å². The van der Waals surface area contributed by atoms with Crippen LogP contribution in [0.5, 0.6) is 11.8 Å². The minimum absolute atomic E-state index is 0.879. The summed E-state index contributed by atoms with van der Waals surface area (Å²) in [6.07, 6.45) is 1.94. The maximum absolute atomic E-state index is 5.21. The number of benzene rings is 2. The van der Waals surface area contributed by atoms with E-state index in [0.717, 1.165) is 16.2 Å². The van der Waals surface area contributed by atoms with Crippen LogP contribution in [0.4, 0.5) is 0 Å². The summed E-state index contributed by atoms with van der Waals surface area (Å²) in [7, 11) is 7.29. The minimum Gasteiger partial charge on any atom is -0.482 e. The van der Waals surface area contributed by atoms with Crippen molar-refractivity contribution in [1.82, 2.24) is 9.13 Å². The molecule has 4 rings (SSSR count). The van der Waals surface area contributed by atoms with Crippen LogP contribution in [0.1, 0.15) is 27.7 Å². The molecule has 0 bridgehead atoms. The van der Waals surface area contributed by atoms with Gasteiger partial charge < -0.3 is 18.6 Å². The van der Waals surface area contributed by atoms with E-state index in [4.69, 9.17) is 9.47 Å². The minimum atomic E-state index is 0.879. The first-order valence-electron chi connectivity index (χ1n) is 11.2. The Kier molecular flexibility index (Phi) is 17.0. The van der Waals surface area contributed by atoms with Crippen LogP contribution in [0, 0.1) is 0 Å². The molecule has 0 aliphatic rings. The van der Waals surface area contributed by atoms with Crippen LogP contribution in [0.2, 0.25) is 0 Å². The third kappa shape index (κ3) is 11.0. The highest BCUT2D eigenvalue weighted by atomic mass is 79.9. The lowest BCUT2D eigenvalue weighted by Gasteiger charge is -2.05. The molecule has 33 heavy (non-hydrogen) atoms. The Bertz CT molecular complexity index is 964. The number of nitrogens with zero attached hydrogens (tertiary/aromatic N) is 2. The molecule has 5 heteroatoms. The summed E-state index contributed by atoms with van der Waals surface area (Å²) >= 11 is 3.31. The van der Waals surface area contributed by atoms with Gasteiger partial charge in [0.05, 0.1) is 19.9 Å². The van der Waals surface area contributed by atoms with Gasteiger partial charge in [0.1, 0.15) is 0 Å². The van der Waals surface area contributed by atoms with Crippen LogP contribution < -0.4 is 9.47 Å². The molecule has 2 aromatic carbocycles. The van der Waals surface area contributed by atoms with Crippen LogP contribution in [-0.2, 0) is 14.1 Å². The molecule has 0 saturated heterocycles. The van der Waals surface area contributed by atoms with Crippen LogP contribution in [0.15, 0.2) is 95.6 Å². The van der Waals surface area contributed by atoms with Crippen molar-refractivity contribution >= 4 is 15.9 Å². The molecular formula is C28H39BrN2O2. The second-order valence-corrected chi connectivity index (χ2v) is 7.06. The smallest absolute Gasteiger partial charge is 0.193 e. The van der Waals surface area contributed by atoms with Crippen molar-refractivity contribution in [1.29, 1.82) is 0 Å². The maximum atomic E-state index is 5.21. The average Bonchev–Trinajstić information content (AvgIpc) is 3.48. The van der Waals surface area contributed by atoms with E-state index in [1.54, 1.807) is 14.2 Å². The van der Waals surface area contributed by atoms with Gasteiger partial charge in [-0.25, -0.2) is 0 Å². The number of halogens is 1. The Balaban J connectivity index is 0.000000462. The number of rotatable bonds is 3. The number of hydrogen-bond acceptors (Lipinski definition) is 2. The molecule has 180 valence electrons. The standard InChI is InChI=1S/C12H13NO.C6H5Br.C6H9NO.2C2H6/c1-13-11(8-9-12(13)14-2)10-6-4-3-5-7-10;7-6-4-2-1-3-5-6;1-7-5-3-4-6(7)8-2;2*1-2/h3-9H,1-2H3;1-5H;3-5H,1-2H3;2*1-2H3. The fourth-order valence-electron chi connectivity index (χ4n) is 2.67. The molecule has 0 radical (unpaired) electrons. The number of hydrogen-bond donors (Lipinski definition) is 0. The third-order valence-electron chi connectivity index (χ3n) is 4.19. The Morgan fingerprint density at radius 2 is 1.12 bits per heavy atom. The lowest BCUT2D eigenvalue weighted by Crippen LogP contribution is -1.95. The number of aromatic nitrogens is 2. The molecular weight excluding hydrogens is 476 g/mol. The summed E-state index contributed by atoms with van der Waals surface area (Å²) in [5.41, 5.74) is 2.38. The molecule has 2 heterocycles. The number of methoxy groups -OCH3 is 2. The summed E-state index contributed by atoms with van der Waals surface area (Å²) in [6, 6.07) is 28.1. The largest absolute Gasteiger partial charge is 0.482 e. The van der Waals surface area contributed by atoms with Crippen LogP contribution in [0.25, 0.3) is 11.3 Å². The van der Waals surface area contributed by atoms with Crippen molar-refractivity contribution in [2.45, 2.75) is 27.7 Å². The molecule has 0 N–H and O–H groups in total. The zero-order chi connectivity index (χ0) is 25.1. The first kappa shape index (κ1) is 30.1. The van der Waals surface area contributed by atoms with Gasteiger partial charge in [-0.05, 0) is 35.9 Å². The van der Waals surface area contributed by atoms with Crippen LogP contribution in [-0.4, -0.2) is 23.4 Å². The van der Waals surface area contributed by atoms with E-state index in [-0.39, 0.29) is 0 Å². The second-order valence-electron chi connectivity index (χ2n) is 6.14. The van der Waals surface area contributed by atoms with E-state index < -0.39 is 0 Å². The topological polar surface area (TPSA) is 28.3 Å². The first-order chi connectivity index (χ1) is 16.1. The Labute approximate surface area is 208 Å². The Hall–Kier alpha value is -2.92. The Morgan fingerprint density at radius 3 is 1.45 bits per heavy atom. The van der Waals surface area contributed by atoms with Gasteiger partial charge in [-0.15, -0.1) is 0 Å². The van der Waals surface area contributed by atoms with Crippen molar-refractivity contribution in [2.24, 2.45) is 14.1 Å². The van der Waals surface area contributed by atoms with Gasteiger partial charge in [-0.3, -0.25) is 0 Å². The predicted octanol–water partition coefficient (Wildman–Crippen LogP) is 8.24. The highest BCUT2D eigenvalue weighted by Gasteiger charge is 2.05. The lowest BCUT2D eigenvalue weighted by molar-refractivity contribution is 0.382. The zero-order valence-electron chi connectivity index (χ0n) is 21.2. The van der Waals surface area contributed by atoms with E-state index in [1.807, 2.05) is 124 Å². The normalized spacial score (nSPS) is 8.76. The molecule has 4 nitrogen and oxygen atoms in total. The molecule has 0 unspecified atom stereocenters. The van der Waals surface area contributed by atoms with Gasteiger partial charge in [0.2, 0.25) is 0 Å². The summed E-state index contributed by atoms with van der Waals surface area (Å²) in [5, 5.41) is 0. The number of aryl methyl sites for hydroxylation is 1. The van der Waals surface area contributed by atoms with Gasteiger partial charge in [0, 0.05) is 30.8 Å². The fourth-order valence-corrected chi connectivity index (χ4v) is 2.97. The predicted molar refractivity (Wildman–Crippen MR) is 146 cm³/mol. The van der Waals surface area contributed by atoms with Crippen molar-refractivity contribution in [3.8, 4) is 23.0 Å². The monoisotopic (exact) mass is 514 g/mol. The van der Waals surface area contributed by atoms with E-state index in [2.05, 4.69) is 34.1 Å². The van der Waals surface area contributed by atoms with Crippen LogP contribution >= 0.6 is 15.9 Å². The van der Waals surface area contributed by atoms with E-state index in [9.17, 15) is 0 Å². The highest BCUT2D eigenvalue weighted by molar-refractivity contribution is 9.10. The summed E-state index contributed by atoms with van der Waals surface area (Å²) in [5.74, 6) is 1.77. The van der Waals surface area contributed by atoms with Gasteiger partial charge in [0.25, 0.3) is 0 Å². The van der Waals surface area contributed by atoms with Crippen molar-refractivity contribution in [3.05, 3.63) is 95.6 Å². The summed E-state index contributed by atoms with van der Waals surface area (Å²) < 4.78 is 15.2. The van der Waals surface area contributed by atoms with Gasteiger partial charge in [0.15, 0.2) is 11.8 Å². The van der Waals surface area contributed by atoms with Crippen molar-refractivity contribution in [3.63, 3.8) is 0 Å². The number of ether oxygens (including phenoxy) is 2. The lowest BCUT2D eigenvalue weighted by atomic mass is 10.2. The zero-order valence-corrected chi connectivity index (χ0v) is 22.8. The molecule has 0 amide bonds. The van der Waals surface area contributed by atoms with E-state index >= 15 is 0 Å². The molecule has 0 atom stereocenters. The molecule has 0 aliphatic carbocycles. The van der Waals surface area contributed by atoms with Crippen LogP contribution in [0.3, 0.4) is 0 Å². The average molecular weight is 516 g/mol. The van der Waals surface area contributed by atoms with E-state index in [0.29, 0.717) is 0 Å². The summed E-state index contributed by atoms with van der Waals surface area (Å²) in [6.45, 7) is 8.00. The van der Waals surface area contributed by atoms with E-state index in [1.165, 1.54) is 11.3 Å². The molecule has 0 aliphatic heterocycles. The quantitative estimate of drug-likeness (QED) is 0.275. The molecule has 0 saturated carbocycles. The van der Waals surface area contributed by atoms with Crippen molar-refractivity contribution < 1.29 is 9.47 Å². The fraction of sp³-hybridized carbons (Fsp3) is 0.286. The molecule has 4 aromatic rings. The first-order valence-corrected chi connectivity index (χ1v) is 12.0. The van der Waals surface area contributed by atoms with Gasteiger partial charge in [-0.2, -0.15) is 0 Å². The molecule has 0 fully saturated rings. The van der Waals surface area contributed by atoms with Crippen molar-refractivity contribution in [2.75, 3.05) is 14.2 Å². The summed E-state index contributed by atoms with van der Waals surface area (Å²) in [4.78, 5) is 0. The highest BCUT2D eigenvalue weighted by Crippen LogP contribution is 2.24.